The lowest BCUT2D eigenvalue weighted by atomic mass is 10.1. The number of anilines is 1. The van der Waals surface area contributed by atoms with Gasteiger partial charge in [0.1, 0.15) is 11.6 Å². The summed E-state index contributed by atoms with van der Waals surface area (Å²) in [7, 11) is 0. The molecule has 0 aliphatic carbocycles. The standard InChI is InChI=1S/C24H31N3O3S/c1-18-6-10-22(31-18)21(29)9-7-20(28)8-11-24(30)26-17-19-12-13-25-23(16-19)27-14-4-2-3-5-15-27/h6,10,12-13,16H,2-5,7-9,11,14-15,17H2,1H3,(H,26,30). The number of thiophene rings is 1. The van der Waals surface area contributed by atoms with Crippen molar-refractivity contribution in [1.82, 2.24) is 10.3 Å². The van der Waals surface area contributed by atoms with E-state index in [1.165, 1.54) is 37.0 Å². The van der Waals surface area contributed by atoms with Crippen LogP contribution >= 0.6 is 11.3 Å². The SMILES string of the molecule is Cc1ccc(C(=O)CCC(=O)CCC(=O)NCc2ccnc(N3CCCCCC3)c2)s1. The number of aryl methyl sites for hydroxylation is 1. The van der Waals surface area contributed by atoms with Gasteiger partial charge in [0.2, 0.25) is 5.91 Å². The van der Waals surface area contributed by atoms with Gasteiger partial charge in [-0.2, -0.15) is 0 Å². The molecule has 7 heteroatoms. The van der Waals surface area contributed by atoms with Gasteiger partial charge in [-0.05, 0) is 49.6 Å². The molecule has 0 radical (unpaired) electrons. The number of rotatable bonds is 10. The van der Waals surface area contributed by atoms with Crippen molar-refractivity contribution >= 4 is 34.6 Å². The summed E-state index contributed by atoms with van der Waals surface area (Å²) in [4.78, 5) is 44.9. The minimum atomic E-state index is -0.151. The van der Waals surface area contributed by atoms with Crippen molar-refractivity contribution in [3.8, 4) is 0 Å². The minimum absolute atomic E-state index is 0.00574. The van der Waals surface area contributed by atoms with E-state index in [-0.39, 0.29) is 43.2 Å². The van der Waals surface area contributed by atoms with Crippen LogP contribution in [0.1, 0.15) is 71.5 Å². The zero-order chi connectivity index (χ0) is 22.1. The van der Waals surface area contributed by atoms with Crippen LogP contribution in [0, 0.1) is 6.92 Å². The van der Waals surface area contributed by atoms with Gasteiger partial charge in [-0.3, -0.25) is 14.4 Å². The van der Waals surface area contributed by atoms with Crippen LogP contribution in [0.15, 0.2) is 30.5 Å². The van der Waals surface area contributed by atoms with Gasteiger partial charge in [0, 0.05) is 56.4 Å². The Labute approximate surface area is 188 Å². The number of nitrogens with zero attached hydrogens (tertiary/aromatic N) is 2. The van der Waals surface area contributed by atoms with Crippen LogP contribution in [-0.2, 0) is 16.1 Å². The van der Waals surface area contributed by atoms with E-state index in [0.29, 0.717) is 11.4 Å². The number of hydrogen-bond acceptors (Lipinski definition) is 6. The number of carbonyl (C=O) groups is 3. The second-order valence-corrected chi connectivity index (χ2v) is 9.36. The monoisotopic (exact) mass is 441 g/mol. The van der Waals surface area contributed by atoms with Crippen LogP contribution in [0.2, 0.25) is 0 Å². The second kappa shape index (κ2) is 11.7. The Hall–Kier alpha value is -2.54. The topological polar surface area (TPSA) is 79.4 Å². The predicted octanol–water partition coefficient (Wildman–Crippen LogP) is 4.46. The number of hydrogen-bond donors (Lipinski definition) is 1. The quantitative estimate of drug-likeness (QED) is 0.551. The molecule has 0 aromatic carbocycles. The molecular weight excluding hydrogens is 410 g/mol. The smallest absolute Gasteiger partial charge is 0.220 e. The Morgan fingerprint density at radius 3 is 2.45 bits per heavy atom. The molecule has 1 fully saturated rings. The van der Waals surface area contributed by atoms with Crippen LogP contribution in [0.5, 0.6) is 0 Å². The summed E-state index contributed by atoms with van der Waals surface area (Å²) in [6.07, 6.45) is 7.41. The van der Waals surface area contributed by atoms with E-state index in [4.69, 9.17) is 0 Å². The molecule has 1 N–H and O–H groups in total. The van der Waals surface area contributed by atoms with Crippen molar-refractivity contribution in [2.24, 2.45) is 0 Å². The van der Waals surface area contributed by atoms with E-state index in [0.717, 1.165) is 29.3 Å². The van der Waals surface area contributed by atoms with Crippen LogP contribution < -0.4 is 10.2 Å². The molecule has 1 saturated heterocycles. The molecule has 0 bridgehead atoms. The molecule has 166 valence electrons. The lowest BCUT2D eigenvalue weighted by molar-refractivity contribution is -0.125. The molecule has 3 heterocycles. The molecule has 1 aliphatic rings. The van der Waals surface area contributed by atoms with Crippen molar-refractivity contribution in [2.75, 3.05) is 18.0 Å². The van der Waals surface area contributed by atoms with Gasteiger partial charge >= 0.3 is 0 Å². The fourth-order valence-electron chi connectivity index (χ4n) is 3.67. The zero-order valence-electron chi connectivity index (χ0n) is 18.2. The third kappa shape index (κ3) is 7.58. The number of aromatic nitrogens is 1. The molecule has 0 spiro atoms. The van der Waals surface area contributed by atoms with E-state index in [9.17, 15) is 14.4 Å². The molecule has 0 atom stereocenters. The van der Waals surface area contributed by atoms with Gasteiger partial charge in [0.15, 0.2) is 5.78 Å². The number of pyridine rings is 1. The molecule has 3 rings (SSSR count). The fourth-order valence-corrected chi connectivity index (χ4v) is 4.51. The van der Waals surface area contributed by atoms with Gasteiger partial charge in [-0.25, -0.2) is 4.98 Å². The summed E-state index contributed by atoms with van der Waals surface area (Å²) in [5.41, 5.74) is 1.01. The molecule has 0 unspecified atom stereocenters. The van der Waals surface area contributed by atoms with Gasteiger partial charge in [0.25, 0.3) is 0 Å². The number of Topliss-reactive ketones (excluding diaryl/α,β-unsaturated/α-hetero) is 2. The highest BCUT2D eigenvalue weighted by atomic mass is 32.1. The Kier molecular flexibility index (Phi) is 8.76. The van der Waals surface area contributed by atoms with Crippen molar-refractivity contribution in [3.63, 3.8) is 0 Å². The molecule has 6 nitrogen and oxygen atoms in total. The number of nitrogens with one attached hydrogen (secondary N) is 1. The minimum Gasteiger partial charge on any atom is -0.357 e. The second-order valence-electron chi connectivity index (χ2n) is 8.07. The largest absolute Gasteiger partial charge is 0.357 e. The maximum Gasteiger partial charge on any atom is 0.220 e. The van der Waals surface area contributed by atoms with E-state index in [1.807, 2.05) is 25.1 Å². The van der Waals surface area contributed by atoms with Crippen molar-refractivity contribution in [1.29, 1.82) is 0 Å². The highest BCUT2D eigenvalue weighted by molar-refractivity contribution is 7.14. The van der Waals surface area contributed by atoms with E-state index < -0.39 is 0 Å². The fraction of sp³-hybridized carbons (Fsp3) is 0.500. The first-order valence-corrected chi connectivity index (χ1v) is 11.9. The first kappa shape index (κ1) is 23.1. The van der Waals surface area contributed by atoms with Gasteiger partial charge in [0.05, 0.1) is 4.88 Å². The van der Waals surface area contributed by atoms with Gasteiger partial charge in [-0.15, -0.1) is 11.3 Å². The molecule has 31 heavy (non-hydrogen) atoms. The summed E-state index contributed by atoms with van der Waals surface area (Å²) >= 11 is 1.45. The third-order valence-electron chi connectivity index (χ3n) is 5.51. The molecule has 2 aromatic rings. The van der Waals surface area contributed by atoms with Crippen molar-refractivity contribution in [3.05, 3.63) is 45.8 Å². The summed E-state index contributed by atoms with van der Waals surface area (Å²) in [5.74, 6) is 0.758. The van der Waals surface area contributed by atoms with Crippen molar-refractivity contribution < 1.29 is 14.4 Å². The molecule has 1 aliphatic heterocycles. The number of amides is 1. The highest BCUT2D eigenvalue weighted by Gasteiger charge is 2.14. The maximum absolute atomic E-state index is 12.2. The van der Waals surface area contributed by atoms with E-state index >= 15 is 0 Å². The summed E-state index contributed by atoms with van der Waals surface area (Å²) in [5, 5.41) is 2.89. The summed E-state index contributed by atoms with van der Waals surface area (Å²) in [6.45, 7) is 4.43. The Morgan fingerprint density at radius 2 is 1.74 bits per heavy atom. The molecule has 2 aromatic heterocycles. The van der Waals surface area contributed by atoms with Crippen molar-refractivity contribution in [2.45, 2.75) is 64.8 Å². The average molecular weight is 442 g/mol. The van der Waals surface area contributed by atoms with Gasteiger partial charge < -0.3 is 10.2 Å². The first-order chi connectivity index (χ1) is 15.0. The number of carbonyl (C=O) groups excluding carboxylic acids is 3. The number of ketones is 2. The lowest BCUT2D eigenvalue weighted by Gasteiger charge is -2.21. The Bertz CT molecular complexity index is 901. The normalized spacial score (nSPS) is 14.2. The predicted molar refractivity (Wildman–Crippen MR) is 124 cm³/mol. The van der Waals surface area contributed by atoms with E-state index in [1.54, 1.807) is 12.3 Å². The molecule has 0 saturated carbocycles. The third-order valence-corrected chi connectivity index (χ3v) is 6.55. The van der Waals surface area contributed by atoms with Crippen LogP contribution in [0.4, 0.5) is 5.82 Å². The Morgan fingerprint density at radius 1 is 1.00 bits per heavy atom. The van der Waals surface area contributed by atoms with E-state index in [2.05, 4.69) is 15.2 Å². The molecular formula is C24H31N3O3S. The Balaban J connectivity index is 1.37. The van der Waals surface area contributed by atoms with Crippen LogP contribution in [-0.4, -0.2) is 35.5 Å². The maximum atomic E-state index is 12.2. The highest BCUT2D eigenvalue weighted by Crippen LogP contribution is 2.19. The van der Waals surface area contributed by atoms with Crippen LogP contribution in [0.3, 0.4) is 0 Å². The van der Waals surface area contributed by atoms with Crippen LogP contribution in [0.25, 0.3) is 0 Å². The lowest BCUT2D eigenvalue weighted by Crippen LogP contribution is -2.26. The first-order valence-electron chi connectivity index (χ1n) is 11.1. The average Bonchev–Trinajstić information content (AvgIpc) is 3.04. The van der Waals surface area contributed by atoms with Gasteiger partial charge in [-0.1, -0.05) is 12.8 Å². The summed E-state index contributed by atoms with van der Waals surface area (Å²) < 4.78 is 0. The zero-order valence-corrected chi connectivity index (χ0v) is 19.0. The molecule has 1 amide bonds. The summed E-state index contributed by atoms with van der Waals surface area (Å²) in [6, 6.07) is 7.65.